The number of benzene rings is 1. The molecular weight excluding hydrogens is 370 g/mol. The number of fused-ring (bicyclic) bond motifs is 1. The van der Waals surface area contributed by atoms with E-state index in [0.29, 0.717) is 32.2 Å². The summed E-state index contributed by atoms with van der Waals surface area (Å²) in [6.45, 7) is 2.60. The number of ether oxygens (including phenoxy) is 1. The predicted molar refractivity (Wildman–Crippen MR) is 106 cm³/mol. The first kappa shape index (κ1) is 19.4. The van der Waals surface area contributed by atoms with Gasteiger partial charge in [0.25, 0.3) is 0 Å². The van der Waals surface area contributed by atoms with Gasteiger partial charge >= 0.3 is 0 Å². The molecule has 1 N–H and O–H groups in total. The topological polar surface area (TPSA) is 89.4 Å². The standard InChI is InChI=1S/C21H27N5O3/c1-15(26-14-22-13-23-26)11-19(27)24-17-12-21(8-7-20(28)25(2)10-9-21)29-18-6-4-3-5-16(17)18/h3-6,13-15,17H,7-12H2,1-2H3,(H,24,27)/t15-,17-,21-/m0/s1. The van der Waals surface area contributed by atoms with Crippen molar-refractivity contribution in [3.8, 4) is 5.75 Å². The molecule has 8 heteroatoms. The van der Waals surface area contributed by atoms with Crippen LogP contribution in [0.2, 0.25) is 0 Å². The van der Waals surface area contributed by atoms with Crippen molar-refractivity contribution in [3.63, 3.8) is 0 Å². The van der Waals surface area contributed by atoms with E-state index in [4.69, 9.17) is 4.74 Å². The van der Waals surface area contributed by atoms with Gasteiger partial charge in [0.1, 0.15) is 24.0 Å². The second-order valence-corrected chi connectivity index (χ2v) is 8.14. The van der Waals surface area contributed by atoms with Gasteiger partial charge in [0.15, 0.2) is 0 Å². The van der Waals surface area contributed by atoms with Crippen molar-refractivity contribution in [3.05, 3.63) is 42.5 Å². The summed E-state index contributed by atoms with van der Waals surface area (Å²) in [4.78, 5) is 30.7. The Kier molecular flexibility index (Phi) is 5.25. The average molecular weight is 397 g/mol. The molecule has 2 aromatic rings. The molecule has 154 valence electrons. The number of likely N-dealkylation sites (tertiary alicyclic amines) is 1. The molecular formula is C21H27N5O3. The van der Waals surface area contributed by atoms with Gasteiger partial charge in [0.05, 0.1) is 12.1 Å². The monoisotopic (exact) mass is 397 g/mol. The van der Waals surface area contributed by atoms with E-state index in [0.717, 1.165) is 17.7 Å². The molecule has 2 amide bonds. The van der Waals surface area contributed by atoms with E-state index >= 15 is 0 Å². The first-order valence-electron chi connectivity index (χ1n) is 10.1. The molecule has 0 aliphatic carbocycles. The number of nitrogens with zero attached hydrogens (tertiary/aromatic N) is 4. The minimum absolute atomic E-state index is 0.0355. The minimum Gasteiger partial charge on any atom is -0.487 e. The second kappa shape index (κ2) is 7.85. The molecule has 0 unspecified atom stereocenters. The number of carbonyl (C=O) groups excluding carboxylic acids is 2. The van der Waals surface area contributed by atoms with E-state index in [-0.39, 0.29) is 23.9 Å². The molecule has 2 aliphatic rings. The van der Waals surface area contributed by atoms with E-state index in [9.17, 15) is 9.59 Å². The van der Waals surface area contributed by atoms with Crippen molar-refractivity contribution in [2.45, 2.75) is 56.7 Å². The molecule has 0 bridgehead atoms. The Bertz CT molecular complexity index is 884. The number of nitrogens with one attached hydrogen (secondary N) is 1. The first-order chi connectivity index (χ1) is 14.0. The summed E-state index contributed by atoms with van der Waals surface area (Å²) >= 11 is 0. The summed E-state index contributed by atoms with van der Waals surface area (Å²) in [5, 5.41) is 7.32. The third kappa shape index (κ3) is 4.11. The molecule has 2 aliphatic heterocycles. The molecule has 1 aromatic heterocycles. The molecule has 1 saturated heterocycles. The van der Waals surface area contributed by atoms with Crippen molar-refractivity contribution in [1.29, 1.82) is 0 Å². The van der Waals surface area contributed by atoms with Crippen LogP contribution in [0.1, 0.15) is 56.7 Å². The molecule has 3 atom stereocenters. The number of para-hydroxylation sites is 1. The predicted octanol–water partition coefficient (Wildman–Crippen LogP) is 2.25. The van der Waals surface area contributed by atoms with E-state index in [2.05, 4.69) is 15.4 Å². The molecule has 8 nitrogen and oxygen atoms in total. The number of aromatic nitrogens is 3. The fraction of sp³-hybridized carbons (Fsp3) is 0.524. The van der Waals surface area contributed by atoms with Crippen LogP contribution in [-0.2, 0) is 9.59 Å². The van der Waals surface area contributed by atoms with Gasteiger partial charge < -0.3 is 15.0 Å². The Hall–Kier alpha value is -2.90. The normalized spacial score (nSPS) is 25.1. The number of hydrogen-bond donors (Lipinski definition) is 1. The van der Waals surface area contributed by atoms with E-state index in [1.807, 2.05) is 38.2 Å². The average Bonchev–Trinajstić information content (AvgIpc) is 3.21. The zero-order valence-corrected chi connectivity index (χ0v) is 16.9. The van der Waals surface area contributed by atoms with Gasteiger partial charge in [-0.25, -0.2) is 9.67 Å². The largest absolute Gasteiger partial charge is 0.487 e. The molecule has 3 heterocycles. The fourth-order valence-corrected chi connectivity index (χ4v) is 4.26. The van der Waals surface area contributed by atoms with Crippen LogP contribution in [0.15, 0.2) is 36.9 Å². The molecule has 4 rings (SSSR count). The molecule has 0 saturated carbocycles. The zero-order valence-electron chi connectivity index (χ0n) is 16.9. The third-order valence-corrected chi connectivity index (χ3v) is 6.02. The Morgan fingerprint density at radius 1 is 1.38 bits per heavy atom. The molecule has 1 aromatic carbocycles. The highest BCUT2D eigenvalue weighted by Gasteiger charge is 2.43. The Labute approximate surface area is 170 Å². The van der Waals surface area contributed by atoms with E-state index in [1.54, 1.807) is 15.9 Å². The Morgan fingerprint density at radius 3 is 3.00 bits per heavy atom. The summed E-state index contributed by atoms with van der Waals surface area (Å²) in [6.07, 6.45) is 5.94. The molecule has 29 heavy (non-hydrogen) atoms. The van der Waals surface area contributed by atoms with Crippen molar-refractivity contribution < 1.29 is 14.3 Å². The van der Waals surface area contributed by atoms with Gasteiger partial charge in [-0.3, -0.25) is 9.59 Å². The molecule has 1 spiro atoms. The molecule has 0 radical (unpaired) electrons. The number of rotatable bonds is 4. The zero-order chi connectivity index (χ0) is 20.4. The van der Waals surface area contributed by atoms with Crippen LogP contribution in [0.25, 0.3) is 0 Å². The number of hydrogen-bond acceptors (Lipinski definition) is 5. The summed E-state index contributed by atoms with van der Waals surface area (Å²) in [7, 11) is 1.84. The highest BCUT2D eigenvalue weighted by Crippen LogP contribution is 2.44. The number of carbonyl (C=O) groups is 2. The van der Waals surface area contributed by atoms with Gasteiger partial charge in [-0.2, -0.15) is 5.10 Å². The van der Waals surface area contributed by atoms with Crippen molar-refractivity contribution >= 4 is 11.8 Å². The highest BCUT2D eigenvalue weighted by atomic mass is 16.5. The van der Waals surface area contributed by atoms with Crippen LogP contribution in [0, 0.1) is 0 Å². The summed E-state index contributed by atoms with van der Waals surface area (Å²) in [5.74, 6) is 0.906. The van der Waals surface area contributed by atoms with Crippen molar-refractivity contribution in [2.75, 3.05) is 13.6 Å². The Balaban J connectivity index is 1.52. The van der Waals surface area contributed by atoms with Crippen molar-refractivity contribution in [2.24, 2.45) is 0 Å². The quantitative estimate of drug-likeness (QED) is 0.855. The van der Waals surface area contributed by atoms with Crippen LogP contribution < -0.4 is 10.1 Å². The van der Waals surface area contributed by atoms with Gasteiger partial charge in [0.2, 0.25) is 11.8 Å². The fourth-order valence-electron chi connectivity index (χ4n) is 4.26. The maximum atomic E-state index is 12.8. The van der Waals surface area contributed by atoms with Gasteiger partial charge in [-0.1, -0.05) is 18.2 Å². The van der Waals surface area contributed by atoms with E-state index < -0.39 is 5.60 Å². The summed E-state index contributed by atoms with van der Waals surface area (Å²) < 4.78 is 8.12. The summed E-state index contributed by atoms with van der Waals surface area (Å²) in [5.41, 5.74) is 0.549. The third-order valence-electron chi connectivity index (χ3n) is 6.02. The van der Waals surface area contributed by atoms with Gasteiger partial charge in [-0.05, 0) is 19.4 Å². The highest BCUT2D eigenvalue weighted by molar-refractivity contribution is 5.77. The lowest BCUT2D eigenvalue weighted by atomic mass is 9.82. The van der Waals surface area contributed by atoms with Crippen LogP contribution in [0.3, 0.4) is 0 Å². The lowest BCUT2D eigenvalue weighted by Crippen LogP contribution is -2.46. The maximum absolute atomic E-state index is 12.8. The van der Waals surface area contributed by atoms with Crippen LogP contribution in [-0.4, -0.2) is 50.7 Å². The minimum atomic E-state index is -0.440. The smallest absolute Gasteiger partial charge is 0.222 e. The van der Waals surface area contributed by atoms with Crippen LogP contribution in [0.4, 0.5) is 0 Å². The van der Waals surface area contributed by atoms with Gasteiger partial charge in [-0.15, -0.1) is 0 Å². The lowest BCUT2D eigenvalue weighted by Gasteiger charge is -2.42. The number of amides is 2. The van der Waals surface area contributed by atoms with Gasteiger partial charge in [0, 0.05) is 44.8 Å². The lowest BCUT2D eigenvalue weighted by molar-refractivity contribution is -0.129. The summed E-state index contributed by atoms with van der Waals surface area (Å²) in [6, 6.07) is 7.63. The van der Waals surface area contributed by atoms with Crippen molar-refractivity contribution in [1.82, 2.24) is 25.0 Å². The second-order valence-electron chi connectivity index (χ2n) is 8.14. The molecule has 1 fully saturated rings. The SMILES string of the molecule is C[C@@H](CC(=O)N[C@H]1C[C@@]2(CCC(=O)N(C)CC2)Oc2ccccc21)n1cncn1. The first-order valence-corrected chi connectivity index (χ1v) is 10.1. The van der Waals surface area contributed by atoms with Crippen LogP contribution in [0.5, 0.6) is 5.75 Å². The Morgan fingerprint density at radius 2 is 2.21 bits per heavy atom. The van der Waals surface area contributed by atoms with E-state index in [1.165, 1.54) is 6.33 Å². The van der Waals surface area contributed by atoms with Crippen LogP contribution >= 0.6 is 0 Å². The maximum Gasteiger partial charge on any atom is 0.222 e.